The Morgan fingerprint density at radius 2 is 2.07 bits per heavy atom. The number of unbranched alkanes of at least 4 members (excludes halogenated alkanes) is 2. The molecule has 0 aliphatic carbocycles. The minimum absolute atomic E-state index is 1.01. The van der Waals surface area contributed by atoms with Gasteiger partial charge in [-0.2, -0.15) is 0 Å². The number of benzene rings is 1. The lowest BCUT2D eigenvalue weighted by Gasteiger charge is -2.17. The van der Waals surface area contributed by atoms with Crippen LogP contribution in [0.15, 0.2) is 36.1 Å². The molecule has 1 aliphatic heterocycles. The minimum Gasteiger partial charge on any atom is -0.462 e. The van der Waals surface area contributed by atoms with Crippen molar-refractivity contribution >= 4 is 0 Å². The molecular formula is C14H17O. The van der Waals surface area contributed by atoms with Gasteiger partial charge >= 0.3 is 0 Å². The normalized spacial score (nSPS) is 14.1. The number of rotatable bonds is 4. The molecule has 79 valence electrons. The molecule has 1 radical (unpaired) electrons. The maximum atomic E-state index is 5.82. The predicted molar refractivity (Wildman–Crippen MR) is 62.7 cm³/mol. The molecular weight excluding hydrogens is 184 g/mol. The molecule has 0 saturated carbocycles. The summed E-state index contributed by atoms with van der Waals surface area (Å²) in [5.74, 6) is 2.16. The first-order chi connectivity index (χ1) is 7.40. The van der Waals surface area contributed by atoms with E-state index in [1.165, 1.54) is 18.4 Å². The van der Waals surface area contributed by atoms with Crippen molar-refractivity contribution in [3.05, 3.63) is 48.6 Å². The number of para-hydroxylation sites is 1. The summed E-state index contributed by atoms with van der Waals surface area (Å²) in [6.07, 6.45) is 7.63. The van der Waals surface area contributed by atoms with E-state index in [1.54, 1.807) is 0 Å². The number of hydrogen-bond acceptors (Lipinski definition) is 1. The molecule has 0 aromatic heterocycles. The van der Waals surface area contributed by atoms with Gasteiger partial charge in [-0.25, -0.2) is 0 Å². The molecule has 15 heavy (non-hydrogen) atoms. The van der Waals surface area contributed by atoms with Crippen LogP contribution < -0.4 is 4.74 Å². The van der Waals surface area contributed by atoms with Gasteiger partial charge in [-0.3, -0.25) is 0 Å². The molecule has 1 heteroatoms. The van der Waals surface area contributed by atoms with Gasteiger partial charge in [0.2, 0.25) is 0 Å². The summed E-state index contributed by atoms with van der Waals surface area (Å²) in [6.45, 7) is 3.84. The highest BCUT2D eigenvalue weighted by molar-refractivity contribution is 5.38. The van der Waals surface area contributed by atoms with Crippen LogP contribution in [-0.4, -0.2) is 0 Å². The van der Waals surface area contributed by atoms with Crippen molar-refractivity contribution in [2.24, 2.45) is 0 Å². The van der Waals surface area contributed by atoms with Crippen molar-refractivity contribution in [1.29, 1.82) is 0 Å². The van der Waals surface area contributed by atoms with Crippen LogP contribution in [0, 0.1) is 6.92 Å². The molecule has 1 heterocycles. The molecule has 0 unspecified atom stereocenters. The van der Waals surface area contributed by atoms with Gasteiger partial charge in [-0.05, 0) is 30.5 Å². The largest absolute Gasteiger partial charge is 0.462 e. The van der Waals surface area contributed by atoms with Gasteiger partial charge in [-0.15, -0.1) is 0 Å². The molecule has 1 nitrogen and oxygen atoms in total. The molecule has 0 fully saturated rings. The van der Waals surface area contributed by atoms with Crippen LogP contribution in [0.4, 0.5) is 0 Å². The highest BCUT2D eigenvalue weighted by atomic mass is 16.5. The second-order valence-corrected chi connectivity index (χ2v) is 3.90. The molecule has 2 rings (SSSR count). The maximum Gasteiger partial charge on any atom is 0.130 e. The van der Waals surface area contributed by atoms with E-state index in [0.29, 0.717) is 0 Å². The quantitative estimate of drug-likeness (QED) is 0.671. The van der Waals surface area contributed by atoms with Gasteiger partial charge in [-0.1, -0.05) is 38.0 Å². The Morgan fingerprint density at radius 3 is 2.93 bits per heavy atom. The molecule has 0 bridgehead atoms. The van der Waals surface area contributed by atoms with E-state index in [2.05, 4.69) is 25.1 Å². The SMILES string of the molecule is [CH2]CCCCC1=CCc2ccccc2O1. The summed E-state index contributed by atoms with van der Waals surface area (Å²) >= 11 is 0. The standard InChI is InChI=1S/C14H17O/c1-2-3-4-8-13-11-10-12-7-5-6-9-14(12)15-13/h5-7,9,11H,1-4,8,10H2. The highest BCUT2D eigenvalue weighted by Gasteiger charge is 2.10. The summed E-state index contributed by atoms with van der Waals surface area (Å²) in [7, 11) is 0. The van der Waals surface area contributed by atoms with Gasteiger partial charge in [0.15, 0.2) is 0 Å². The zero-order valence-corrected chi connectivity index (χ0v) is 9.04. The van der Waals surface area contributed by atoms with Crippen molar-refractivity contribution in [2.75, 3.05) is 0 Å². The zero-order valence-electron chi connectivity index (χ0n) is 9.04. The van der Waals surface area contributed by atoms with E-state index in [-0.39, 0.29) is 0 Å². The third kappa shape index (κ3) is 2.62. The highest BCUT2D eigenvalue weighted by Crippen LogP contribution is 2.27. The molecule has 0 spiro atoms. The van der Waals surface area contributed by atoms with Crippen molar-refractivity contribution in [3.63, 3.8) is 0 Å². The lowest BCUT2D eigenvalue weighted by Crippen LogP contribution is -2.04. The Labute approximate surface area is 91.8 Å². The first-order valence-electron chi connectivity index (χ1n) is 5.64. The van der Waals surface area contributed by atoms with Crippen LogP contribution >= 0.6 is 0 Å². The minimum atomic E-state index is 1.01. The summed E-state index contributed by atoms with van der Waals surface area (Å²) in [4.78, 5) is 0. The van der Waals surface area contributed by atoms with Gasteiger partial charge in [0.05, 0.1) is 0 Å². The van der Waals surface area contributed by atoms with Crippen LogP contribution in [0.25, 0.3) is 0 Å². The second-order valence-electron chi connectivity index (χ2n) is 3.90. The van der Waals surface area contributed by atoms with E-state index >= 15 is 0 Å². The number of fused-ring (bicyclic) bond motifs is 1. The van der Waals surface area contributed by atoms with Gasteiger partial charge in [0, 0.05) is 6.42 Å². The first-order valence-corrected chi connectivity index (χ1v) is 5.64. The van der Waals surface area contributed by atoms with Crippen molar-refractivity contribution in [3.8, 4) is 5.75 Å². The zero-order chi connectivity index (χ0) is 10.5. The van der Waals surface area contributed by atoms with Crippen LogP contribution in [0.2, 0.25) is 0 Å². The molecule has 0 atom stereocenters. The Kier molecular flexibility index (Phi) is 3.44. The Bertz CT molecular complexity index is 352. The third-order valence-electron chi connectivity index (χ3n) is 2.69. The van der Waals surface area contributed by atoms with E-state index in [4.69, 9.17) is 4.74 Å². The van der Waals surface area contributed by atoms with Crippen molar-refractivity contribution < 1.29 is 4.74 Å². The smallest absolute Gasteiger partial charge is 0.130 e. The molecule has 1 aromatic rings. The lowest BCUT2D eigenvalue weighted by atomic mass is 10.1. The maximum absolute atomic E-state index is 5.82. The van der Waals surface area contributed by atoms with E-state index in [9.17, 15) is 0 Å². The van der Waals surface area contributed by atoms with Crippen molar-refractivity contribution in [1.82, 2.24) is 0 Å². The van der Waals surface area contributed by atoms with Gasteiger partial charge < -0.3 is 4.74 Å². The number of ether oxygens (including phenoxy) is 1. The first kappa shape index (κ1) is 10.3. The van der Waals surface area contributed by atoms with Crippen LogP contribution in [0.5, 0.6) is 5.75 Å². The summed E-state index contributed by atoms with van der Waals surface area (Å²) in [5, 5.41) is 0. The third-order valence-corrected chi connectivity index (χ3v) is 2.69. The average Bonchev–Trinajstić information content (AvgIpc) is 2.29. The molecule has 0 N–H and O–H groups in total. The topological polar surface area (TPSA) is 9.23 Å². The van der Waals surface area contributed by atoms with Gasteiger partial charge in [0.25, 0.3) is 0 Å². The van der Waals surface area contributed by atoms with Crippen molar-refractivity contribution in [2.45, 2.75) is 32.1 Å². The average molecular weight is 201 g/mol. The van der Waals surface area contributed by atoms with E-state index in [1.807, 2.05) is 12.1 Å². The summed E-state index contributed by atoms with van der Waals surface area (Å²) in [6, 6.07) is 8.25. The Balaban J connectivity index is 1.94. The summed E-state index contributed by atoms with van der Waals surface area (Å²) < 4.78 is 5.82. The predicted octanol–water partition coefficient (Wildman–Crippen LogP) is 3.90. The molecule has 1 aliphatic rings. The molecule has 0 amide bonds. The van der Waals surface area contributed by atoms with E-state index < -0.39 is 0 Å². The van der Waals surface area contributed by atoms with E-state index in [0.717, 1.165) is 30.8 Å². The fourth-order valence-corrected chi connectivity index (χ4v) is 1.81. The Morgan fingerprint density at radius 1 is 1.20 bits per heavy atom. The summed E-state index contributed by atoms with van der Waals surface area (Å²) in [5.41, 5.74) is 1.29. The monoisotopic (exact) mass is 201 g/mol. The van der Waals surface area contributed by atoms with Gasteiger partial charge in [0.1, 0.15) is 11.5 Å². The second kappa shape index (κ2) is 5.01. The molecule has 0 saturated heterocycles. The fraction of sp³-hybridized carbons (Fsp3) is 0.357. The Hall–Kier alpha value is -1.24. The fourth-order valence-electron chi connectivity index (χ4n) is 1.81. The van der Waals surface area contributed by atoms with Crippen LogP contribution in [-0.2, 0) is 6.42 Å². The lowest BCUT2D eigenvalue weighted by molar-refractivity contribution is 0.383. The molecule has 1 aromatic carbocycles. The number of hydrogen-bond donors (Lipinski definition) is 0. The van der Waals surface area contributed by atoms with Crippen LogP contribution in [0.3, 0.4) is 0 Å². The van der Waals surface area contributed by atoms with Crippen LogP contribution in [0.1, 0.15) is 31.2 Å². The number of allylic oxidation sites excluding steroid dienone is 2.